The summed E-state index contributed by atoms with van der Waals surface area (Å²) >= 11 is 0. The number of ether oxygens (including phenoxy) is 1. The molecule has 1 aliphatic heterocycles. The van der Waals surface area contributed by atoms with E-state index in [0.717, 1.165) is 31.6 Å². The highest BCUT2D eigenvalue weighted by Gasteiger charge is 2.19. The van der Waals surface area contributed by atoms with E-state index in [2.05, 4.69) is 34.8 Å². The van der Waals surface area contributed by atoms with Crippen LogP contribution in [0.1, 0.15) is 39.5 Å². The summed E-state index contributed by atoms with van der Waals surface area (Å²) in [6.45, 7) is 4.45. The summed E-state index contributed by atoms with van der Waals surface area (Å²) < 4.78 is 4.99. The maximum Gasteiger partial charge on any atom is 0.308 e. The molecule has 0 bridgehead atoms. The molecule has 0 fully saturated rings. The summed E-state index contributed by atoms with van der Waals surface area (Å²) in [6.07, 6.45) is 2.65. The number of hydrogen-bond donors (Lipinski definition) is 2. The van der Waals surface area contributed by atoms with Crippen LogP contribution in [-0.4, -0.2) is 24.6 Å². The smallest absolute Gasteiger partial charge is 0.308 e. The molecular formula is C26H26N3O3+. The fourth-order valence-electron chi connectivity index (χ4n) is 3.87. The number of amides is 1. The highest BCUT2D eigenvalue weighted by atomic mass is 16.5. The Morgan fingerprint density at radius 3 is 2.44 bits per heavy atom. The Labute approximate surface area is 187 Å². The molecule has 3 aromatic carbocycles. The van der Waals surface area contributed by atoms with Crippen LogP contribution in [0, 0.1) is 0 Å². The molecular weight excluding hydrogens is 402 g/mol. The lowest BCUT2D eigenvalue weighted by molar-refractivity contribution is -0.929. The molecule has 0 aromatic heterocycles. The molecule has 0 spiro atoms. The minimum absolute atomic E-state index is 0.261. The van der Waals surface area contributed by atoms with Crippen molar-refractivity contribution in [2.24, 2.45) is 5.10 Å². The van der Waals surface area contributed by atoms with E-state index in [1.165, 1.54) is 28.5 Å². The fraction of sp³-hybridized carbons (Fsp3) is 0.192. The summed E-state index contributed by atoms with van der Waals surface area (Å²) in [4.78, 5) is 24.8. The van der Waals surface area contributed by atoms with Crippen LogP contribution in [-0.2, 0) is 24.3 Å². The normalized spacial score (nSPS) is 15.2. The number of benzene rings is 3. The van der Waals surface area contributed by atoms with Crippen LogP contribution in [0.4, 0.5) is 0 Å². The first-order chi connectivity index (χ1) is 15.6. The van der Waals surface area contributed by atoms with Crippen LogP contribution in [0.25, 0.3) is 0 Å². The van der Waals surface area contributed by atoms with Crippen LogP contribution >= 0.6 is 0 Å². The van der Waals surface area contributed by atoms with Crippen LogP contribution in [0.5, 0.6) is 5.75 Å². The summed E-state index contributed by atoms with van der Waals surface area (Å²) in [6, 6.07) is 23.2. The summed E-state index contributed by atoms with van der Waals surface area (Å²) in [5, 5.41) is 4.01. The fourth-order valence-corrected chi connectivity index (χ4v) is 3.87. The second-order valence-corrected chi connectivity index (χ2v) is 7.93. The summed E-state index contributed by atoms with van der Waals surface area (Å²) in [5.41, 5.74) is 8.00. The number of hydrogen-bond acceptors (Lipinski definition) is 4. The first-order valence-corrected chi connectivity index (χ1v) is 10.7. The Hall–Kier alpha value is -3.77. The Bertz CT molecular complexity index is 1120. The third-order valence-corrected chi connectivity index (χ3v) is 5.50. The quantitative estimate of drug-likeness (QED) is 0.274. The van der Waals surface area contributed by atoms with Crippen molar-refractivity contribution in [2.75, 3.05) is 6.54 Å². The minimum Gasteiger partial charge on any atom is -0.427 e. The lowest BCUT2D eigenvalue weighted by atomic mass is 9.99. The molecule has 4 rings (SSSR count). The van der Waals surface area contributed by atoms with Gasteiger partial charge in [0.2, 0.25) is 0 Å². The van der Waals surface area contributed by atoms with Gasteiger partial charge in [0, 0.05) is 30.0 Å². The van der Waals surface area contributed by atoms with Crippen molar-refractivity contribution in [3.8, 4) is 5.75 Å². The predicted molar refractivity (Wildman–Crippen MR) is 123 cm³/mol. The van der Waals surface area contributed by atoms with E-state index in [1.807, 2.05) is 24.3 Å². The van der Waals surface area contributed by atoms with Gasteiger partial charge in [-0.05, 0) is 47.5 Å². The third kappa shape index (κ3) is 5.68. The number of nitrogens with one attached hydrogen (secondary N) is 2. The van der Waals surface area contributed by atoms with Crippen molar-refractivity contribution in [3.05, 3.63) is 101 Å². The molecule has 32 heavy (non-hydrogen) atoms. The van der Waals surface area contributed by atoms with Gasteiger partial charge in [0.1, 0.15) is 18.8 Å². The molecule has 0 radical (unpaired) electrons. The molecule has 162 valence electrons. The number of carbonyl (C=O) groups excluding carboxylic acids is 2. The molecule has 0 saturated heterocycles. The maximum absolute atomic E-state index is 12.4. The van der Waals surface area contributed by atoms with Crippen LogP contribution in [0.3, 0.4) is 0 Å². The van der Waals surface area contributed by atoms with E-state index >= 15 is 0 Å². The Morgan fingerprint density at radius 2 is 1.72 bits per heavy atom. The molecule has 6 heteroatoms. The minimum atomic E-state index is -0.368. The van der Waals surface area contributed by atoms with Crippen molar-refractivity contribution in [2.45, 2.75) is 26.4 Å². The van der Waals surface area contributed by atoms with Gasteiger partial charge in [-0.25, -0.2) is 5.43 Å². The Balaban J connectivity index is 1.28. The van der Waals surface area contributed by atoms with Crippen molar-refractivity contribution >= 4 is 18.1 Å². The molecule has 1 unspecified atom stereocenters. The van der Waals surface area contributed by atoms with Crippen molar-refractivity contribution in [3.63, 3.8) is 0 Å². The lowest BCUT2D eigenvalue weighted by Gasteiger charge is -2.26. The summed E-state index contributed by atoms with van der Waals surface area (Å²) in [5.74, 6) is -0.162. The first kappa shape index (κ1) is 21.5. The molecule has 1 heterocycles. The zero-order chi connectivity index (χ0) is 22.3. The number of rotatable bonds is 6. The van der Waals surface area contributed by atoms with Gasteiger partial charge in [0.15, 0.2) is 0 Å². The number of hydrazone groups is 1. The van der Waals surface area contributed by atoms with Crippen LogP contribution in [0.2, 0.25) is 0 Å². The Kier molecular flexibility index (Phi) is 6.72. The Morgan fingerprint density at radius 1 is 1.00 bits per heavy atom. The van der Waals surface area contributed by atoms with Gasteiger partial charge in [-0.3, -0.25) is 9.59 Å². The van der Waals surface area contributed by atoms with Gasteiger partial charge in [-0.15, -0.1) is 0 Å². The zero-order valence-electron chi connectivity index (χ0n) is 18.0. The van der Waals surface area contributed by atoms with E-state index in [-0.39, 0.29) is 11.9 Å². The van der Waals surface area contributed by atoms with Crippen molar-refractivity contribution in [1.82, 2.24) is 5.43 Å². The third-order valence-electron chi connectivity index (χ3n) is 5.50. The molecule has 2 N–H and O–H groups in total. The number of fused-ring (bicyclic) bond motifs is 1. The van der Waals surface area contributed by atoms with Gasteiger partial charge in [0.05, 0.1) is 12.8 Å². The van der Waals surface area contributed by atoms with Gasteiger partial charge in [0.25, 0.3) is 5.91 Å². The van der Waals surface area contributed by atoms with Gasteiger partial charge < -0.3 is 9.64 Å². The van der Waals surface area contributed by atoms with Crippen LogP contribution in [0.15, 0.2) is 77.9 Å². The lowest BCUT2D eigenvalue weighted by Crippen LogP contribution is -3.10. The number of quaternary nitrogens is 1. The second-order valence-electron chi connectivity index (χ2n) is 7.93. The molecule has 1 amide bonds. The number of carbonyl (C=O) groups is 2. The first-order valence-electron chi connectivity index (χ1n) is 10.7. The number of nitrogens with zero attached hydrogens (tertiary/aromatic N) is 1. The molecule has 0 aliphatic carbocycles. The SMILES string of the molecule is CC(=O)Oc1ccc(/C=N\NC(=O)c2ccc(C[NH+]3CCc4ccccc4C3)cc2)cc1. The van der Waals surface area contributed by atoms with Gasteiger partial charge in [-0.2, -0.15) is 5.10 Å². The molecule has 1 atom stereocenters. The van der Waals surface area contributed by atoms with Gasteiger partial charge in [-0.1, -0.05) is 36.4 Å². The molecule has 1 aliphatic rings. The highest BCUT2D eigenvalue weighted by Crippen LogP contribution is 2.12. The zero-order valence-corrected chi connectivity index (χ0v) is 18.0. The molecule has 3 aromatic rings. The molecule has 0 saturated carbocycles. The van der Waals surface area contributed by atoms with Crippen LogP contribution < -0.4 is 15.1 Å². The average molecular weight is 429 g/mol. The monoisotopic (exact) mass is 428 g/mol. The van der Waals surface area contributed by atoms with Crippen molar-refractivity contribution < 1.29 is 19.2 Å². The number of esters is 1. The average Bonchev–Trinajstić information content (AvgIpc) is 2.80. The van der Waals surface area contributed by atoms with Crippen molar-refractivity contribution in [1.29, 1.82) is 0 Å². The van der Waals surface area contributed by atoms with E-state index in [4.69, 9.17) is 4.74 Å². The van der Waals surface area contributed by atoms with E-state index in [0.29, 0.717) is 11.3 Å². The molecule has 6 nitrogen and oxygen atoms in total. The maximum atomic E-state index is 12.4. The van der Waals surface area contributed by atoms with E-state index < -0.39 is 0 Å². The largest absolute Gasteiger partial charge is 0.427 e. The highest BCUT2D eigenvalue weighted by molar-refractivity contribution is 5.94. The summed E-state index contributed by atoms with van der Waals surface area (Å²) in [7, 11) is 0. The van der Waals surface area contributed by atoms with E-state index in [1.54, 1.807) is 30.5 Å². The van der Waals surface area contributed by atoms with E-state index in [9.17, 15) is 9.59 Å². The second kappa shape index (κ2) is 10.0. The van der Waals surface area contributed by atoms with Gasteiger partial charge >= 0.3 is 5.97 Å². The topological polar surface area (TPSA) is 72.2 Å². The predicted octanol–water partition coefficient (Wildman–Crippen LogP) is 2.52. The standard InChI is InChI=1S/C26H25N3O3/c1-19(30)32-25-12-8-20(9-13-25)16-27-28-26(31)23-10-6-21(7-11-23)17-29-15-14-22-4-2-3-5-24(22)18-29/h2-13,16H,14-15,17-18H2,1H3,(H,28,31)/p+1/b27-16-.